The van der Waals surface area contributed by atoms with Gasteiger partial charge in [0.2, 0.25) is 0 Å². The first-order valence-electron chi connectivity index (χ1n) is 4.98. The summed E-state index contributed by atoms with van der Waals surface area (Å²) in [5.74, 6) is 2.87. The van der Waals surface area contributed by atoms with Crippen molar-refractivity contribution in [3.63, 3.8) is 0 Å². The van der Waals surface area contributed by atoms with Crippen molar-refractivity contribution in [1.82, 2.24) is 0 Å². The van der Waals surface area contributed by atoms with Crippen molar-refractivity contribution >= 4 is 0 Å². The van der Waals surface area contributed by atoms with Gasteiger partial charge >= 0.3 is 0 Å². The van der Waals surface area contributed by atoms with Crippen LogP contribution in [-0.4, -0.2) is 5.54 Å². The van der Waals surface area contributed by atoms with Crippen molar-refractivity contribution < 1.29 is 21.7 Å². The van der Waals surface area contributed by atoms with E-state index in [0.29, 0.717) is 0 Å². The standard InChI is InChI=1S/C10H16N.Ti/c11-10-4-7-1-8(5-10)3-9(2-7)6-10;/h7-9,11H,1-6H2;/q-1;. The maximum absolute atomic E-state index is 8.21. The Labute approximate surface area is 89.4 Å². The predicted octanol–water partition coefficient (Wildman–Crippen LogP) is 3.00. The molecule has 12 heavy (non-hydrogen) atoms. The van der Waals surface area contributed by atoms with Crippen LogP contribution in [0.15, 0.2) is 0 Å². The monoisotopic (exact) mass is 198 g/mol. The minimum Gasteiger partial charge on any atom is -0.672 e. The Balaban J connectivity index is 0.000000563. The first-order valence-corrected chi connectivity index (χ1v) is 4.98. The third-order valence-corrected chi connectivity index (χ3v) is 4.04. The maximum atomic E-state index is 8.21. The van der Waals surface area contributed by atoms with Crippen LogP contribution < -0.4 is 0 Å². The molecule has 4 bridgehead atoms. The van der Waals surface area contributed by atoms with Crippen LogP contribution in [0.3, 0.4) is 0 Å². The molecule has 4 fully saturated rings. The zero-order valence-corrected chi connectivity index (χ0v) is 9.04. The molecular weight excluding hydrogens is 182 g/mol. The van der Waals surface area contributed by atoms with Gasteiger partial charge in [0.15, 0.2) is 0 Å². The number of rotatable bonds is 0. The second kappa shape index (κ2) is 2.83. The summed E-state index contributed by atoms with van der Waals surface area (Å²) in [6, 6.07) is 0. The van der Waals surface area contributed by atoms with Crippen molar-refractivity contribution in [3.8, 4) is 0 Å². The Bertz CT molecular complexity index is 155. The summed E-state index contributed by atoms with van der Waals surface area (Å²) < 4.78 is 0. The second-order valence-electron chi connectivity index (χ2n) is 5.20. The summed E-state index contributed by atoms with van der Waals surface area (Å²) in [6.07, 6.45) is 8.12. The Kier molecular flexibility index (Phi) is 2.18. The van der Waals surface area contributed by atoms with Crippen molar-refractivity contribution in [2.75, 3.05) is 0 Å². The van der Waals surface area contributed by atoms with Crippen molar-refractivity contribution in [2.45, 2.75) is 44.1 Å². The molecule has 2 heteroatoms. The van der Waals surface area contributed by atoms with E-state index in [0.717, 1.165) is 17.8 Å². The summed E-state index contributed by atoms with van der Waals surface area (Å²) in [5.41, 5.74) is 8.26. The fourth-order valence-corrected chi connectivity index (χ4v) is 4.11. The van der Waals surface area contributed by atoms with E-state index in [4.69, 9.17) is 5.73 Å². The molecule has 0 unspecified atom stereocenters. The number of hydrogen-bond donors (Lipinski definition) is 0. The smallest absolute Gasteiger partial charge is 0 e. The van der Waals surface area contributed by atoms with Gasteiger partial charge in [-0.1, -0.05) is 19.3 Å². The number of nitrogens with one attached hydrogen (secondary N) is 1. The van der Waals surface area contributed by atoms with E-state index in [1.54, 1.807) is 0 Å². The molecular formula is C10H16NTi-. The molecule has 0 amide bonds. The molecule has 0 heterocycles. The van der Waals surface area contributed by atoms with E-state index in [-0.39, 0.29) is 27.3 Å². The maximum Gasteiger partial charge on any atom is 0 e. The minimum atomic E-state index is 0. The largest absolute Gasteiger partial charge is 0.672 e. The topological polar surface area (TPSA) is 23.8 Å². The van der Waals surface area contributed by atoms with Gasteiger partial charge in [0.1, 0.15) is 0 Å². The molecule has 0 atom stereocenters. The van der Waals surface area contributed by atoms with Gasteiger partial charge < -0.3 is 5.73 Å². The van der Waals surface area contributed by atoms with Crippen LogP contribution in [0, 0.1) is 17.8 Å². The molecule has 0 aromatic heterocycles. The van der Waals surface area contributed by atoms with Gasteiger partial charge in [-0.05, 0) is 37.0 Å². The summed E-state index contributed by atoms with van der Waals surface area (Å²) >= 11 is 0. The molecule has 66 valence electrons. The van der Waals surface area contributed by atoms with E-state index >= 15 is 0 Å². The Hall–Kier alpha value is 0.674. The average molecular weight is 198 g/mol. The van der Waals surface area contributed by atoms with Crippen LogP contribution in [0.1, 0.15) is 38.5 Å². The van der Waals surface area contributed by atoms with Crippen molar-refractivity contribution in [2.24, 2.45) is 17.8 Å². The van der Waals surface area contributed by atoms with E-state index < -0.39 is 0 Å². The normalized spacial score (nSPS) is 55.2. The van der Waals surface area contributed by atoms with Gasteiger partial charge in [0.25, 0.3) is 0 Å². The third kappa shape index (κ3) is 1.30. The van der Waals surface area contributed by atoms with Gasteiger partial charge in [-0.25, -0.2) is 0 Å². The second-order valence-corrected chi connectivity index (χ2v) is 5.20. The quantitative estimate of drug-likeness (QED) is 0.534. The number of hydrogen-bond acceptors (Lipinski definition) is 0. The molecule has 4 saturated carbocycles. The molecule has 4 rings (SSSR count). The molecule has 0 spiro atoms. The van der Waals surface area contributed by atoms with Crippen LogP contribution in [0.5, 0.6) is 0 Å². The Morgan fingerprint density at radius 1 is 0.833 bits per heavy atom. The first kappa shape index (κ1) is 9.24. The Morgan fingerprint density at radius 3 is 1.42 bits per heavy atom. The summed E-state index contributed by atoms with van der Waals surface area (Å²) in [7, 11) is 0. The van der Waals surface area contributed by atoms with Gasteiger partial charge in [-0.2, -0.15) is 0 Å². The SMILES string of the molecule is [NH-]C12CC3CC(CC(C3)C1)C2.[Ti]. The zero-order valence-electron chi connectivity index (χ0n) is 7.47. The predicted molar refractivity (Wildman–Crippen MR) is 45.2 cm³/mol. The van der Waals surface area contributed by atoms with Crippen LogP contribution in [0.2, 0.25) is 0 Å². The molecule has 1 N–H and O–H groups in total. The summed E-state index contributed by atoms with van der Waals surface area (Å²) in [6.45, 7) is 0. The summed E-state index contributed by atoms with van der Waals surface area (Å²) in [4.78, 5) is 0. The molecule has 0 saturated heterocycles. The fraction of sp³-hybridized carbons (Fsp3) is 1.00. The minimum absolute atomic E-state index is 0. The van der Waals surface area contributed by atoms with Gasteiger partial charge in [0, 0.05) is 21.7 Å². The van der Waals surface area contributed by atoms with E-state index in [2.05, 4.69) is 0 Å². The molecule has 4 aliphatic rings. The molecule has 0 aromatic carbocycles. The van der Waals surface area contributed by atoms with Gasteiger partial charge in [-0.15, -0.1) is 5.54 Å². The molecule has 4 aliphatic carbocycles. The molecule has 0 aromatic rings. The summed E-state index contributed by atoms with van der Waals surface area (Å²) in [5, 5.41) is 0. The van der Waals surface area contributed by atoms with Crippen molar-refractivity contribution in [1.29, 1.82) is 0 Å². The molecule has 1 nitrogen and oxygen atoms in total. The van der Waals surface area contributed by atoms with Crippen LogP contribution >= 0.6 is 0 Å². The third-order valence-electron chi connectivity index (χ3n) is 4.04. The van der Waals surface area contributed by atoms with Crippen molar-refractivity contribution in [3.05, 3.63) is 5.73 Å². The Morgan fingerprint density at radius 2 is 1.17 bits per heavy atom. The van der Waals surface area contributed by atoms with Crippen LogP contribution in [0.25, 0.3) is 5.73 Å². The molecule has 0 radical (unpaired) electrons. The molecule has 0 aliphatic heterocycles. The van der Waals surface area contributed by atoms with Crippen LogP contribution in [-0.2, 0) is 21.7 Å². The first-order chi connectivity index (χ1) is 5.23. The fourth-order valence-electron chi connectivity index (χ4n) is 4.11. The van der Waals surface area contributed by atoms with Crippen LogP contribution in [0.4, 0.5) is 0 Å². The zero-order chi connectivity index (χ0) is 7.47. The van der Waals surface area contributed by atoms with Gasteiger partial charge in [-0.3, -0.25) is 0 Å². The average Bonchev–Trinajstić information content (AvgIpc) is 1.79. The van der Waals surface area contributed by atoms with E-state index in [9.17, 15) is 0 Å². The van der Waals surface area contributed by atoms with E-state index in [1.165, 1.54) is 38.5 Å². The van der Waals surface area contributed by atoms with Gasteiger partial charge in [0.05, 0.1) is 0 Å². The van der Waals surface area contributed by atoms with E-state index in [1.807, 2.05) is 0 Å².